The van der Waals surface area contributed by atoms with E-state index >= 15 is 0 Å². The Morgan fingerprint density at radius 3 is 2.79 bits per heavy atom. The minimum Gasteiger partial charge on any atom is -0.391 e. The topological polar surface area (TPSA) is 83.2 Å². The highest BCUT2D eigenvalue weighted by Crippen LogP contribution is 2.31. The second-order valence-electron chi connectivity index (χ2n) is 6.10. The van der Waals surface area contributed by atoms with Crippen molar-refractivity contribution in [2.75, 3.05) is 31.6 Å². The Morgan fingerprint density at radius 2 is 2.12 bits per heavy atom. The van der Waals surface area contributed by atoms with Crippen LogP contribution in [-0.4, -0.2) is 43.3 Å². The molecular formula is C18H21N5O. The zero-order chi connectivity index (χ0) is 17.3. The van der Waals surface area contributed by atoms with Gasteiger partial charge >= 0.3 is 0 Å². The molecule has 24 heavy (non-hydrogen) atoms. The predicted octanol–water partition coefficient (Wildman–Crippen LogP) is 1.62. The minimum absolute atomic E-state index is 0.0315. The number of nitrogens with one attached hydrogen (secondary N) is 2. The molecule has 0 saturated heterocycles. The van der Waals surface area contributed by atoms with Crippen LogP contribution in [0, 0.1) is 16.7 Å². The second kappa shape index (κ2) is 6.36. The molecule has 2 N–H and O–H groups in total. The molecule has 0 aromatic heterocycles. The number of benzene rings is 1. The molecule has 6 nitrogen and oxygen atoms in total. The van der Waals surface area contributed by atoms with E-state index < -0.39 is 0 Å². The summed E-state index contributed by atoms with van der Waals surface area (Å²) in [6.07, 6.45) is 1.59. The summed E-state index contributed by atoms with van der Waals surface area (Å²) in [7, 11) is 1.86. The summed E-state index contributed by atoms with van der Waals surface area (Å²) in [5, 5.41) is 21.0. The van der Waals surface area contributed by atoms with Crippen molar-refractivity contribution < 1.29 is 4.79 Å². The van der Waals surface area contributed by atoms with Gasteiger partial charge in [-0.3, -0.25) is 10.2 Å². The number of carbonyl (C=O) groups is 1. The van der Waals surface area contributed by atoms with Crippen molar-refractivity contribution in [1.29, 1.82) is 10.7 Å². The van der Waals surface area contributed by atoms with Crippen molar-refractivity contribution in [3.63, 3.8) is 0 Å². The first-order valence-electron chi connectivity index (χ1n) is 8.10. The van der Waals surface area contributed by atoms with Gasteiger partial charge in [-0.15, -0.1) is 0 Å². The molecule has 0 fully saturated rings. The third kappa shape index (κ3) is 2.73. The van der Waals surface area contributed by atoms with Crippen LogP contribution in [-0.2, 0) is 11.2 Å². The van der Waals surface area contributed by atoms with Gasteiger partial charge < -0.3 is 15.1 Å². The summed E-state index contributed by atoms with van der Waals surface area (Å²) in [5.74, 6) is 0.447. The van der Waals surface area contributed by atoms with E-state index in [0.717, 1.165) is 41.9 Å². The molecule has 0 bridgehead atoms. The average molecular weight is 323 g/mol. The zero-order valence-electron chi connectivity index (χ0n) is 14.0. The smallest absolute Gasteiger partial charge is 0.219 e. The van der Waals surface area contributed by atoms with Gasteiger partial charge in [0.1, 0.15) is 5.84 Å². The van der Waals surface area contributed by atoms with Gasteiger partial charge in [-0.1, -0.05) is 6.07 Å². The van der Waals surface area contributed by atoms with Crippen LogP contribution in [0.1, 0.15) is 24.5 Å². The molecule has 0 spiro atoms. The Hall–Kier alpha value is -2.81. The maximum absolute atomic E-state index is 11.7. The lowest BCUT2D eigenvalue weighted by Crippen LogP contribution is -2.43. The number of hydrogen-bond donors (Lipinski definition) is 2. The lowest BCUT2D eigenvalue weighted by atomic mass is 10.0. The number of anilines is 1. The number of rotatable bonds is 2. The van der Waals surface area contributed by atoms with Crippen molar-refractivity contribution >= 4 is 17.4 Å². The second-order valence-corrected chi connectivity index (χ2v) is 6.10. The summed E-state index contributed by atoms with van der Waals surface area (Å²) in [4.78, 5) is 15.5. The van der Waals surface area contributed by atoms with Crippen LogP contribution in [0.15, 0.2) is 29.5 Å². The Morgan fingerprint density at radius 1 is 1.33 bits per heavy atom. The number of amidine groups is 1. The summed E-state index contributed by atoms with van der Waals surface area (Å²) in [6, 6.07) is 7.80. The number of fused-ring (bicyclic) bond motifs is 1. The maximum atomic E-state index is 11.7. The molecule has 0 saturated carbocycles. The summed E-state index contributed by atoms with van der Waals surface area (Å²) in [5.41, 5.74) is 4.56. The normalized spacial score (nSPS) is 16.7. The summed E-state index contributed by atoms with van der Waals surface area (Å²) in [6.45, 7) is 3.42. The van der Waals surface area contributed by atoms with Gasteiger partial charge in [0.25, 0.3) is 0 Å². The van der Waals surface area contributed by atoms with Crippen molar-refractivity contribution in [1.82, 2.24) is 10.2 Å². The van der Waals surface area contributed by atoms with Crippen molar-refractivity contribution in [3.05, 3.63) is 40.6 Å². The van der Waals surface area contributed by atoms with Gasteiger partial charge in [0.2, 0.25) is 5.91 Å². The fourth-order valence-electron chi connectivity index (χ4n) is 3.37. The van der Waals surface area contributed by atoms with Crippen LogP contribution >= 0.6 is 0 Å². The van der Waals surface area contributed by atoms with E-state index in [9.17, 15) is 4.79 Å². The predicted molar refractivity (Wildman–Crippen MR) is 92.9 cm³/mol. The van der Waals surface area contributed by atoms with Gasteiger partial charge in [-0.25, -0.2) is 0 Å². The molecule has 6 heteroatoms. The van der Waals surface area contributed by atoms with Crippen LogP contribution in [0.4, 0.5) is 5.69 Å². The molecule has 2 heterocycles. The molecule has 2 aliphatic rings. The highest BCUT2D eigenvalue weighted by atomic mass is 16.2. The van der Waals surface area contributed by atoms with Gasteiger partial charge in [-0.05, 0) is 24.1 Å². The molecule has 0 atom stereocenters. The highest BCUT2D eigenvalue weighted by molar-refractivity contribution is 6.10. The molecule has 1 aromatic rings. The van der Waals surface area contributed by atoms with E-state index in [-0.39, 0.29) is 5.91 Å². The maximum Gasteiger partial charge on any atom is 0.219 e. The number of amides is 1. The molecule has 124 valence electrons. The SMILES string of the molecule is CNC1=C(C(=N)N2CCc3ccc(C#N)cc32)CN(C(C)=O)CC1. The third-order valence-electron chi connectivity index (χ3n) is 4.76. The highest BCUT2D eigenvalue weighted by Gasteiger charge is 2.29. The fourth-order valence-corrected chi connectivity index (χ4v) is 3.37. The monoisotopic (exact) mass is 323 g/mol. The van der Waals surface area contributed by atoms with Crippen LogP contribution in [0.5, 0.6) is 0 Å². The first-order valence-corrected chi connectivity index (χ1v) is 8.10. The third-order valence-corrected chi connectivity index (χ3v) is 4.76. The number of nitriles is 1. The minimum atomic E-state index is 0.0315. The van der Waals surface area contributed by atoms with Gasteiger partial charge in [0.05, 0.1) is 18.2 Å². The van der Waals surface area contributed by atoms with Crippen molar-refractivity contribution in [2.24, 2.45) is 0 Å². The molecule has 3 rings (SSSR count). The van der Waals surface area contributed by atoms with Crippen LogP contribution in [0.3, 0.4) is 0 Å². The number of carbonyl (C=O) groups excluding carboxylic acids is 1. The lowest BCUT2D eigenvalue weighted by molar-refractivity contribution is -0.128. The summed E-state index contributed by atoms with van der Waals surface area (Å²) >= 11 is 0. The number of hydrogen-bond acceptors (Lipinski definition) is 4. The molecule has 2 aliphatic heterocycles. The first-order chi connectivity index (χ1) is 11.5. The quantitative estimate of drug-likeness (QED) is 0.640. The summed E-state index contributed by atoms with van der Waals surface area (Å²) < 4.78 is 0. The van der Waals surface area contributed by atoms with Crippen LogP contribution in [0.25, 0.3) is 0 Å². The number of nitrogens with zero attached hydrogens (tertiary/aromatic N) is 3. The Balaban J connectivity index is 1.94. The van der Waals surface area contributed by atoms with Crippen molar-refractivity contribution in [2.45, 2.75) is 19.8 Å². The Labute approximate surface area is 141 Å². The standard InChI is InChI=1S/C18H21N5O/c1-12(24)22-7-6-16(21-2)15(11-22)18(20)23-8-5-14-4-3-13(10-19)9-17(14)23/h3-4,9,20-21H,5-8,11H2,1-2H3. The van der Waals surface area contributed by atoms with E-state index in [1.165, 1.54) is 0 Å². The van der Waals surface area contributed by atoms with Crippen LogP contribution < -0.4 is 10.2 Å². The van der Waals surface area contributed by atoms with Crippen molar-refractivity contribution in [3.8, 4) is 6.07 Å². The molecular weight excluding hydrogens is 302 g/mol. The largest absolute Gasteiger partial charge is 0.391 e. The van der Waals surface area contributed by atoms with E-state index in [2.05, 4.69) is 11.4 Å². The Bertz CT molecular complexity index is 774. The molecule has 1 aromatic carbocycles. The zero-order valence-corrected chi connectivity index (χ0v) is 14.0. The fraction of sp³-hybridized carbons (Fsp3) is 0.389. The molecule has 0 aliphatic carbocycles. The van der Waals surface area contributed by atoms with Gasteiger partial charge in [-0.2, -0.15) is 5.26 Å². The van der Waals surface area contributed by atoms with E-state index in [1.54, 1.807) is 11.8 Å². The molecule has 0 radical (unpaired) electrons. The Kier molecular flexibility index (Phi) is 4.26. The lowest BCUT2D eigenvalue weighted by Gasteiger charge is -2.33. The van der Waals surface area contributed by atoms with E-state index in [0.29, 0.717) is 24.5 Å². The van der Waals surface area contributed by atoms with Gasteiger partial charge in [0.15, 0.2) is 0 Å². The average Bonchev–Trinajstić information content (AvgIpc) is 3.03. The molecule has 0 unspecified atom stereocenters. The van der Waals surface area contributed by atoms with Gasteiger partial charge in [0, 0.05) is 50.4 Å². The van der Waals surface area contributed by atoms with E-state index in [1.807, 2.05) is 30.1 Å². The van der Waals surface area contributed by atoms with Crippen LogP contribution in [0.2, 0.25) is 0 Å². The first kappa shape index (κ1) is 16.1. The van der Waals surface area contributed by atoms with E-state index in [4.69, 9.17) is 10.7 Å². The molecule has 1 amide bonds.